The second-order valence-electron chi connectivity index (χ2n) is 4.08. The molecule has 0 saturated heterocycles. The van der Waals surface area contributed by atoms with E-state index in [1.54, 1.807) is 0 Å². The Morgan fingerprint density at radius 1 is 1.36 bits per heavy atom. The number of hydrogen-bond donors (Lipinski definition) is 0. The molecule has 0 aliphatic heterocycles. The highest BCUT2D eigenvalue weighted by molar-refractivity contribution is 6.05. The van der Waals surface area contributed by atoms with Crippen molar-refractivity contribution in [2.24, 2.45) is 5.41 Å². The van der Waals surface area contributed by atoms with Crippen molar-refractivity contribution in [1.29, 1.82) is 0 Å². The van der Waals surface area contributed by atoms with Crippen LogP contribution in [-0.4, -0.2) is 5.78 Å². The lowest BCUT2D eigenvalue weighted by Gasteiger charge is -2.15. The summed E-state index contributed by atoms with van der Waals surface area (Å²) in [5.74, 6) is 0.256. The number of hydrogen-bond acceptors (Lipinski definition) is 1. The predicted molar refractivity (Wildman–Crippen MR) is 57.4 cm³/mol. The van der Waals surface area contributed by atoms with E-state index in [1.165, 1.54) is 5.56 Å². The van der Waals surface area contributed by atoms with Crippen LogP contribution < -0.4 is 0 Å². The van der Waals surface area contributed by atoms with Gasteiger partial charge >= 0.3 is 0 Å². The van der Waals surface area contributed by atoms with E-state index in [4.69, 9.17) is 0 Å². The zero-order valence-corrected chi connectivity index (χ0v) is 8.58. The lowest BCUT2D eigenvalue weighted by molar-refractivity contribution is 0.0891. The molecule has 0 saturated carbocycles. The highest BCUT2D eigenvalue weighted by atomic mass is 16.1. The van der Waals surface area contributed by atoms with Gasteiger partial charge in [0, 0.05) is 5.56 Å². The SMILES string of the molecule is CC=CC1(C)Cc2ccccc2C1=O. The molecule has 1 unspecified atom stereocenters. The van der Waals surface area contributed by atoms with Crippen LogP contribution in [0.15, 0.2) is 36.4 Å². The number of benzene rings is 1. The molecule has 0 radical (unpaired) electrons. The Morgan fingerprint density at radius 2 is 2.07 bits per heavy atom. The summed E-state index contributed by atoms with van der Waals surface area (Å²) in [5.41, 5.74) is 1.77. The van der Waals surface area contributed by atoms with Crippen LogP contribution in [-0.2, 0) is 6.42 Å². The molecule has 0 aromatic heterocycles. The van der Waals surface area contributed by atoms with Gasteiger partial charge in [0.05, 0.1) is 5.41 Å². The van der Waals surface area contributed by atoms with Crippen LogP contribution >= 0.6 is 0 Å². The monoisotopic (exact) mass is 186 g/mol. The van der Waals surface area contributed by atoms with Crippen LogP contribution in [0.2, 0.25) is 0 Å². The summed E-state index contributed by atoms with van der Waals surface area (Å²) in [5, 5.41) is 0. The van der Waals surface area contributed by atoms with Gasteiger partial charge in [-0.25, -0.2) is 0 Å². The smallest absolute Gasteiger partial charge is 0.173 e. The van der Waals surface area contributed by atoms with Crippen LogP contribution in [0, 0.1) is 5.41 Å². The Labute approximate surface area is 84.5 Å². The van der Waals surface area contributed by atoms with Crippen LogP contribution in [0.1, 0.15) is 29.8 Å². The number of carbonyl (C=O) groups is 1. The van der Waals surface area contributed by atoms with Crippen molar-refractivity contribution in [3.8, 4) is 0 Å². The van der Waals surface area contributed by atoms with Gasteiger partial charge in [-0.2, -0.15) is 0 Å². The summed E-state index contributed by atoms with van der Waals surface area (Å²) < 4.78 is 0. The molecule has 2 rings (SSSR count). The first-order chi connectivity index (χ1) is 6.67. The first-order valence-corrected chi connectivity index (χ1v) is 4.94. The van der Waals surface area contributed by atoms with Crippen molar-refractivity contribution in [3.63, 3.8) is 0 Å². The minimum atomic E-state index is -0.307. The Balaban J connectivity index is 2.48. The minimum absolute atomic E-state index is 0.256. The van der Waals surface area contributed by atoms with Crippen molar-refractivity contribution < 1.29 is 4.79 Å². The van der Waals surface area contributed by atoms with Crippen molar-refractivity contribution in [2.45, 2.75) is 20.3 Å². The molecular weight excluding hydrogens is 172 g/mol. The standard InChI is InChI=1S/C13H14O/c1-3-8-13(2)9-10-6-4-5-7-11(10)12(13)14/h3-8H,9H2,1-2H3. The van der Waals surface area contributed by atoms with Crippen molar-refractivity contribution >= 4 is 5.78 Å². The average molecular weight is 186 g/mol. The number of ketones is 1. The topological polar surface area (TPSA) is 17.1 Å². The largest absolute Gasteiger partial charge is 0.293 e. The molecule has 14 heavy (non-hydrogen) atoms. The Morgan fingerprint density at radius 3 is 2.71 bits per heavy atom. The predicted octanol–water partition coefficient (Wildman–Crippen LogP) is 3.01. The fraction of sp³-hybridized carbons (Fsp3) is 0.308. The molecule has 0 spiro atoms. The number of carbonyl (C=O) groups excluding carboxylic acids is 1. The van der Waals surface area contributed by atoms with Crippen molar-refractivity contribution in [2.75, 3.05) is 0 Å². The van der Waals surface area contributed by atoms with Gasteiger partial charge in [0.1, 0.15) is 0 Å². The maximum absolute atomic E-state index is 12.1. The van der Waals surface area contributed by atoms with Gasteiger partial charge in [-0.05, 0) is 25.8 Å². The number of allylic oxidation sites excluding steroid dienone is 2. The molecule has 1 aliphatic rings. The first kappa shape index (κ1) is 9.20. The molecule has 1 atom stereocenters. The molecular formula is C13H14O. The molecule has 0 N–H and O–H groups in total. The highest BCUT2D eigenvalue weighted by Gasteiger charge is 2.38. The normalized spacial score (nSPS) is 25.7. The lowest BCUT2D eigenvalue weighted by Crippen LogP contribution is -2.20. The number of fused-ring (bicyclic) bond motifs is 1. The first-order valence-electron chi connectivity index (χ1n) is 4.94. The number of rotatable bonds is 1. The highest BCUT2D eigenvalue weighted by Crippen LogP contribution is 2.37. The van der Waals surface area contributed by atoms with E-state index < -0.39 is 0 Å². The van der Waals surface area contributed by atoms with Crippen LogP contribution in [0.3, 0.4) is 0 Å². The van der Waals surface area contributed by atoms with Crippen LogP contribution in [0.5, 0.6) is 0 Å². The minimum Gasteiger partial charge on any atom is -0.293 e. The van der Waals surface area contributed by atoms with E-state index >= 15 is 0 Å². The van der Waals surface area contributed by atoms with Gasteiger partial charge in [-0.3, -0.25) is 4.79 Å². The fourth-order valence-corrected chi connectivity index (χ4v) is 2.18. The maximum Gasteiger partial charge on any atom is 0.173 e. The van der Waals surface area contributed by atoms with Gasteiger partial charge in [0.25, 0.3) is 0 Å². The third-order valence-electron chi connectivity index (χ3n) is 2.87. The van der Waals surface area contributed by atoms with Crippen molar-refractivity contribution in [3.05, 3.63) is 47.5 Å². The summed E-state index contributed by atoms with van der Waals surface area (Å²) in [7, 11) is 0. The van der Waals surface area contributed by atoms with E-state index in [2.05, 4.69) is 0 Å². The van der Waals surface area contributed by atoms with Crippen molar-refractivity contribution in [1.82, 2.24) is 0 Å². The van der Waals surface area contributed by atoms with E-state index in [0.29, 0.717) is 0 Å². The molecule has 0 fully saturated rings. The molecule has 1 aliphatic carbocycles. The molecule has 1 aromatic rings. The fourth-order valence-electron chi connectivity index (χ4n) is 2.18. The molecule has 0 amide bonds. The van der Waals surface area contributed by atoms with E-state index in [9.17, 15) is 4.79 Å². The van der Waals surface area contributed by atoms with Gasteiger partial charge in [0.15, 0.2) is 5.78 Å². The summed E-state index contributed by atoms with van der Waals surface area (Å²) >= 11 is 0. The van der Waals surface area contributed by atoms with Gasteiger partial charge in [0.2, 0.25) is 0 Å². The Bertz CT molecular complexity index is 403. The summed E-state index contributed by atoms with van der Waals surface area (Å²) in [6.45, 7) is 3.97. The Hall–Kier alpha value is -1.37. The zero-order chi connectivity index (χ0) is 10.2. The molecule has 1 nitrogen and oxygen atoms in total. The molecule has 1 heteroatoms. The third kappa shape index (κ3) is 1.20. The van der Waals surface area contributed by atoms with Crippen LogP contribution in [0.25, 0.3) is 0 Å². The lowest BCUT2D eigenvalue weighted by atomic mass is 9.86. The summed E-state index contributed by atoms with van der Waals surface area (Å²) in [6, 6.07) is 7.89. The summed E-state index contributed by atoms with van der Waals surface area (Å²) in [6.07, 6.45) is 4.81. The van der Waals surface area contributed by atoms with Crippen LogP contribution in [0.4, 0.5) is 0 Å². The third-order valence-corrected chi connectivity index (χ3v) is 2.87. The Kier molecular flexibility index (Phi) is 2.03. The molecule has 0 heterocycles. The van der Waals surface area contributed by atoms with Gasteiger partial charge in [-0.15, -0.1) is 0 Å². The second-order valence-corrected chi connectivity index (χ2v) is 4.08. The quantitative estimate of drug-likeness (QED) is 0.616. The van der Waals surface area contributed by atoms with E-state index in [1.807, 2.05) is 50.3 Å². The zero-order valence-electron chi connectivity index (χ0n) is 8.58. The van der Waals surface area contributed by atoms with Gasteiger partial charge < -0.3 is 0 Å². The molecule has 1 aromatic carbocycles. The molecule has 72 valence electrons. The maximum atomic E-state index is 12.1. The van der Waals surface area contributed by atoms with E-state index in [-0.39, 0.29) is 11.2 Å². The molecule has 0 bridgehead atoms. The van der Waals surface area contributed by atoms with E-state index in [0.717, 1.165) is 12.0 Å². The summed E-state index contributed by atoms with van der Waals surface area (Å²) in [4.78, 5) is 12.1. The second kappa shape index (κ2) is 3.09. The number of Topliss-reactive ketones (excluding diaryl/α,β-unsaturated/α-hetero) is 1. The average Bonchev–Trinajstić information content (AvgIpc) is 2.41. The van der Waals surface area contributed by atoms with Gasteiger partial charge in [-0.1, -0.05) is 36.4 Å².